The molecule has 0 unspecified atom stereocenters. The second-order valence-corrected chi connectivity index (χ2v) is 4.36. The van der Waals surface area contributed by atoms with E-state index in [-0.39, 0.29) is 0 Å². The van der Waals surface area contributed by atoms with Gasteiger partial charge in [0.2, 0.25) is 0 Å². The number of halogens is 1. The molecule has 2 aromatic rings. The molecule has 4 heteroatoms. The summed E-state index contributed by atoms with van der Waals surface area (Å²) < 4.78 is 8.53. The highest BCUT2D eigenvalue weighted by Gasteiger charge is 2.10. The van der Waals surface area contributed by atoms with Gasteiger partial charge in [0.05, 0.1) is 15.9 Å². The maximum atomic E-state index is 5.68. The summed E-state index contributed by atoms with van der Waals surface area (Å²) in [7, 11) is 1.92. The number of benzene rings is 1. The topological polar surface area (TPSA) is 27.1 Å². The molecule has 0 radical (unpaired) electrons. The van der Waals surface area contributed by atoms with Gasteiger partial charge in [0.1, 0.15) is 12.4 Å². The van der Waals surface area contributed by atoms with E-state index in [0.717, 1.165) is 21.6 Å². The Labute approximate surface area is 103 Å². The molecular weight excluding hydrogens is 268 g/mol. The first-order chi connectivity index (χ1) is 7.68. The average molecular weight is 281 g/mol. The number of hydrogen-bond donors (Lipinski definition) is 0. The number of para-hydroxylation sites is 1. The fourth-order valence-corrected chi connectivity index (χ4v) is 1.96. The molecule has 1 heterocycles. The van der Waals surface area contributed by atoms with E-state index < -0.39 is 0 Å². The molecule has 0 spiro atoms. The van der Waals surface area contributed by atoms with Crippen molar-refractivity contribution in [2.45, 2.75) is 13.5 Å². The molecule has 0 bridgehead atoms. The van der Waals surface area contributed by atoms with Crippen molar-refractivity contribution in [2.24, 2.45) is 7.05 Å². The number of aromatic nitrogens is 2. The SMILES string of the molecule is Cc1nn(C)c(COc2ccccc2)c1Br. The van der Waals surface area contributed by atoms with Gasteiger partial charge in [-0.05, 0) is 35.0 Å². The maximum absolute atomic E-state index is 5.68. The van der Waals surface area contributed by atoms with Gasteiger partial charge in [-0.1, -0.05) is 18.2 Å². The van der Waals surface area contributed by atoms with E-state index in [1.807, 2.05) is 49.0 Å². The van der Waals surface area contributed by atoms with Crippen molar-refractivity contribution in [2.75, 3.05) is 0 Å². The number of nitrogens with zero attached hydrogens (tertiary/aromatic N) is 2. The van der Waals surface area contributed by atoms with Gasteiger partial charge in [-0.3, -0.25) is 4.68 Å². The molecule has 2 rings (SSSR count). The van der Waals surface area contributed by atoms with Crippen LogP contribution in [-0.2, 0) is 13.7 Å². The zero-order valence-electron chi connectivity index (χ0n) is 9.27. The van der Waals surface area contributed by atoms with Gasteiger partial charge in [-0.2, -0.15) is 5.10 Å². The van der Waals surface area contributed by atoms with Crippen molar-refractivity contribution in [1.29, 1.82) is 0 Å². The minimum Gasteiger partial charge on any atom is -0.487 e. The molecule has 0 saturated heterocycles. The molecule has 0 aliphatic carbocycles. The molecule has 0 N–H and O–H groups in total. The van der Waals surface area contributed by atoms with Crippen molar-refractivity contribution < 1.29 is 4.74 Å². The zero-order chi connectivity index (χ0) is 11.5. The summed E-state index contributed by atoms with van der Waals surface area (Å²) in [6.45, 7) is 2.48. The predicted octanol–water partition coefficient (Wildman–Crippen LogP) is 3.07. The largest absolute Gasteiger partial charge is 0.487 e. The molecule has 0 aliphatic rings. The van der Waals surface area contributed by atoms with E-state index in [1.54, 1.807) is 0 Å². The molecule has 0 aliphatic heterocycles. The fraction of sp³-hybridized carbons (Fsp3) is 0.250. The smallest absolute Gasteiger partial charge is 0.131 e. The summed E-state index contributed by atoms with van der Waals surface area (Å²) in [6, 6.07) is 9.77. The van der Waals surface area contributed by atoms with Crippen LogP contribution in [0.1, 0.15) is 11.4 Å². The summed E-state index contributed by atoms with van der Waals surface area (Å²) in [6.07, 6.45) is 0. The molecule has 84 valence electrons. The van der Waals surface area contributed by atoms with Gasteiger partial charge >= 0.3 is 0 Å². The third-order valence-electron chi connectivity index (χ3n) is 2.38. The lowest BCUT2D eigenvalue weighted by Crippen LogP contribution is -2.03. The summed E-state index contributed by atoms with van der Waals surface area (Å²) in [5.41, 5.74) is 2.02. The summed E-state index contributed by atoms with van der Waals surface area (Å²) in [5, 5.41) is 4.31. The second kappa shape index (κ2) is 4.70. The fourth-order valence-electron chi connectivity index (χ4n) is 1.51. The lowest BCUT2D eigenvalue weighted by molar-refractivity contribution is 0.294. The molecule has 0 amide bonds. The first-order valence-corrected chi connectivity index (χ1v) is 5.83. The number of ether oxygens (including phenoxy) is 1. The van der Waals surface area contributed by atoms with Crippen LogP contribution in [0.2, 0.25) is 0 Å². The third-order valence-corrected chi connectivity index (χ3v) is 3.41. The van der Waals surface area contributed by atoms with Crippen LogP contribution in [0.25, 0.3) is 0 Å². The van der Waals surface area contributed by atoms with E-state index in [4.69, 9.17) is 4.74 Å². The van der Waals surface area contributed by atoms with Gasteiger partial charge in [0, 0.05) is 7.05 Å². The van der Waals surface area contributed by atoms with E-state index >= 15 is 0 Å². The molecule has 0 fully saturated rings. The Bertz CT molecular complexity index is 479. The van der Waals surface area contributed by atoms with Crippen molar-refractivity contribution in [3.63, 3.8) is 0 Å². The first-order valence-electron chi connectivity index (χ1n) is 5.04. The molecule has 0 saturated carbocycles. The Kier molecular flexibility index (Phi) is 3.29. The van der Waals surface area contributed by atoms with E-state index in [1.165, 1.54) is 0 Å². The van der Waals surface area contributed by atoms with Gasteiger partial charge in [-0.15, -0.1) is 0 Å². The van der Waals surface area contributed by atoms with Crippen molar-refractivity contribution in [1.82, 2.24) is 9.78 Å². The van der Waals surface area contributed by atoms with Crippen LogP contribution in [0.15, 0.2) is 34.8 Å². The number of hydrogen-bond acceptors (Lipinski definition) is 2. The van der Waals surface area contributed by atoms with Crippen LogP contribution in [-0.4, -0.2) is 9.78 Å². The Morgan fingerprint density at radius 1 is 1.31 bits per heavy atom. The normalized spacial score (nSPS) is 10.4. The van der Waals surface area contributed by atoms with Crippen LogP contribution in [0.5, 0.6) is 5.75 Å². The Balaban J connectivity index is 2.11. The third kappa shape index (κ3) is 2.27. The molecule has 3 nitrogen and oxygen atoms in total. The van der Waals surface area contributed by atoms with Crippen LogP contribution in [0.4, 0.5) is 0 Å². The van der Waals surface area contributed by atoms with Crippen molar-refractivity contribution >= 4 is 15.9 Å². The lowest BCUT2D eigenvalue weighted by Gasteiger charge is -2.06. The van der Waals surface area contributed by atoms with Gasteiger partial charge < -0.3 is 4.74 Å². The molecule has 0 atom stereocenters. The Morgan fingerprint density at radius 3 is 2.56 bits per heavy atom. The minimum absolute atomic E-state index is 0.516. The number of rotatable bonds is 3. The van der Waals surface area contributed by atoms with Crippen LogP contribution in [0.3, 0.4) is 0 Å². The molecule has 16 heavy (non-hydrogen) atoms. The zero-order valence-corrected chi connectivity index (χ0v) is 10.9. The maximum Gasteiger partial charge on any atom is 0.131 e. The predicted molar refractivity (Wildman–Crippen MR) is 66.4 cm³/mol. The standard InChI is InChI=1S/C12H13BrN2O/c1-9-12(13)11(15(2)14-9)8-16-10-6-4-3-5-7-10/h3-7H,8H2,1-2H3. The van der Waals surface area contributed by atoms with Crippen molar-refractivity contribution in [3.8, 4) is 5.75 Å². The summed E-state index contributed by atoms with van der Waals surface area (Å²) in [5.74, 6) is 0.869. The minimum atomic E-state index is 0.516. The monoisotopic (exact) mass is 280 g/mol. The Morgan fingerprint density at radius 2 is 2.00 bits per heavy atom. The van der Waals surface area contributed by atoms with Gasteiger partial charge in [-0.25, -0.2) is 0 Å². The van der Waals surface area contributed by atoms with Gasteiger partial charge in [0.15, 0.2) is 0 Å². The van der Waals surface area contributed by atoms with E-state index in [0.29, 0.717) is 6.61 Å². The second-order valence-electron chi connectivity index (χ2n) is 3.57. The van der Waals surface area contributed by atoms with Gasteiger partial charge in [0.25, 0.3) is 0 Å². The highest BCUT2D eigenvalue weighted by molar-refractivity contribution is 9.10. The molecule has 1 aromatic heterocycles. The number of aryl methyl sites for hydroxylation is 2. The van der Waals surface area contributed by atoms with Crippen molar-refractivity contribution in [3.05, 3.63) is 46.2 Å². The average Bonchev–Trinajstić information content (AvgIpc) is 2.53. The summed E-state index contributed by atoms with van der Waals surface area (Å²) >= 11 is 3.51. The highest BCUT2D eigenvalue weighted by Crippen LogP contribution is 2.21. The van der Waals surface area contributed by atoms with E-state index in [9.17, 15) is 0 Å². The lowest BCUT2D eigenvalue weighted by atomic mass is 10.3. The highest BCUT2D eigenvalue weighted by atomic mass is 79.9. The van der Waals surface area contributed by atoms with Crippen LogP contribution < -0.4 is 4.74 Å². The Hall–Kier alpha value is -1.29. The molecule has 1 aromatic carbocycles. The van der Waals surface area contributed by atoms with Crippen LogP contribution in [0, 0.1) is 6.92 Å². The van der Waals surface area contributed by atoms with Crippen LogP contribution >= 0.6 is 15.9 Å². The van der Waals surface area contributed by atoms with E-state index in [2.05, 4.69) is 21.0 Å². The molecular formula is C12H13BrN2O. The summed E-state index contributed by atoms with van der Waals surface area (Å²) in [4.78, 5) is 0. The first kappa shape index (κ1) is 11.2. The quantitative estimate of drug-likeness (QED) is 0.864.